The fourth-order valence-corrected chi connectivity index (χ4v) is 2.27. The van der Waals surface area contributed by atoms with E-state index in [9.17, 15) is 4.79 Å². The van der Waals surface area contributed by atoms with Crippen molar-refractivity contribution in [2.45, 2.75) is 0 Å². The lowest BCUT2D eigenvalue weighted by Gasteiger charge is -2.01. The minimum Gasteiger partial charge on any atom is -0.298 e. The van der Waals surface area contributed by atoms with Crippen LogP contribution >= 0.6 is 15.9 Å². The molecule has 3 aromatic rings. The molecule has 0 bridgehead atoms. The molecule has 0 amide bonds. The first-order valence-corrected chi connectivity index (χ1v) is 6.77. The van der Waals surface area contributed by atoms with Crippen molar-refractivity contribution in [3.8, 4) is 17.1 Å². The highest BCUT2D eigenvalue weighted by molar-refractivity contribution is 9.10. The molecule has 100 valence electrons. The van der Waals surface area contributed by atoms with Gasteiger partial charge >= 0.3 is 0 Å². The molecule has 0 N–H and O–H groups in total. The molecule has 0 aliphatic heterocycles. The van der Waals surface area contributed by atoms with Gasteiger partial charge in [0.2, 0.25) is 0 Å². The number of benzene rings is 1. The summed E-state index contributed by atoms with van der Waals surface area (Å²) in [6, 6.07) is 9.56. The summed E-state index contributed by atoms with van der Waals surface area (Å²) in [5.41, 5.74) is 2.87. The van der Waals surface area contributed by atoms with Gasteiger partial charge in [0.25, 0.3) is 0 Å². The highest BCUT2D eigenvalue weighted by Crippen LogP contribution is 2.22. The highest BCUT2D eigenvalue weighted by Gasteiger charge is 2.14. The van der Waals surface area contributed by atoms with E-state index in [1.165, 1.54) is 0 Å². The molecule has 0 saturated heterocycles. The van der Waals surface area contributed by atoms with Gasteiger partial charge in [-0.2, -0.15) is 10.2 Å². The molecular weight excluding hydrogens is 320 g/mol. The molecule has 0 radical (unpaired) electrons. The van der Waals surface area contributed by atoms with Crippen LogP contribution < -0.4 is 0 Å². The first-order chi connectivity index (χ1) is 9.69. The van der Waals surface area contributed by atoms with Gasteiger partial charge < -0.3 is 0 Å². The standard InChI is InChI=1S/C14H11BrN4O/c1-18-13(6-7-16-18)14-10(9-20)8-19(17-14)12-4-2-11(15)3-5-12/h2-9H,1H3. The Labute approximate surface area is 124 Å². The van der Waals surface area contributed by atoms with Crippen LogP contribution in [0.3, 0.4) is 0 Å². The Bertz CT molecular complexity index is 758. The Balaban J connectivity index is 2.12. The molecule has 2 aromatic heterocycles. The molecule has 20 heavy (non-hydrogen) atoms. The molecule has 0 spiro atoms. The second kappa shape index (κ2) is 5.05. The first-order valence-electron chi connectivity index (χ1n) is 5.98. The summed E-state index contributed by atoms with van der Waals surface area (Å²) in [7, 11) is 1.82. The predicted octanol–water partition coefficient (Wildman–Crippen LogP) is 2.85. The monoisotopic (exact) mass is 330 g/mol. The smallest absolute Gasteiger partial charge is 0.153 e. The van der Waals surface area contributed by atoms with Crippen molar-refractivity contribution in [1.82, 2.24) is 19.6 Å². The van der Waals surface area contributed by atoms with Crippen LogP contribution in [0.5, 0.6) is 0 Å². The molecule has 3 rings (SSSR count). The quantitative estimate of drug-likeness (QED) is 0.694. The van der Waals surface area contributed by atoms with Crippen molar-refractivity contribution in [3.63, 3.8) is 0 Å². The van der Waals surface area contributed by atoms with E-state index in [4.69, 9.17) is 0 Å². The summed E-state index contributed by atoms with van der Waals surface area (Å²) in [6.45, 7) is 0. The number of hydrogen-bond acceptors (Lipinski definition) is 3. The lowest BCUT2D eigenvalue weighted by Crippen LogP contribution is -1.97. The number of aldehydes is 1. The zero-order chi connectivity index (χ0) is 14.1. The zero-order valence-electron chi connectivity index (χ0n) is 10.7. The van der Waals surface area contributed by atoms with E-state index in [0.29, 0.717) is 11.3 Å². The van der Waals surface area contributed by atoms with Gasteiger partial charge in [-0.1, -0.05) is 15.9 Å². The van der Waals surface area contributed by atoms with E-state index in [1.54, 1.807) is 21.8 Å². The van der Waals surface area contributed by atoms with Gasteiger partial charge in [0.1, 0.15) is 5.69 Å². The Morgan fingerprint density at radius 1 is 1.20 bits per heavy atom. The Hall–Kier alpha value is -2.21. The fraction of sp³-hybridized carbons (Fsp3) is 0.0714. The molecule has 0 fully saturated rings. The van der Waals surface area contributed by atoms with Crippen molar-refractivity contribution >= 4 is 22.2 Å². The summed E-state index contributed by atoms with van der Waals surface area (Å²) in [6.07, 6.45) is 4.21. The number of carbonyl (C=O) groups is 1. The molecule has 1 aromatic carbocycles. The van der Waals surface area contributed by atoms with Crippen LogP contribution in [-0.2, 0) is 7.05 Å². The summed E-state index contributed by atoms with van der Waals surface area (Å²) in [5.74, 6) is 0. The normalized spacial score (nSPS) is 10.7. The van der Waals surface area contributed by atoms with Crippen LogP contribution in [0.25, 0.3) is 17.1 Å². The van der Waals surface area contributed by atoms with Crippen LogP contribution in [0.2, 0.25) is 0 Å². The molecule has 0 aliphatic carbocycles. The summed E-state index contributed by atoms with van der Waals surface area (Å²) in [5, 5.41) is 8.60. The van der Waals surface area contributed by atoms with Gasteiger partial charge in [-0.05, 0) is 30.3 Å². The van der Waals surface area contributed by atoms with Crippen molar-refractivity contribution in [2.75, 3.05) is 0 Å². The Morgan fingerprint density at radius 3 is 2.55 bits per heavy atom. The lowest BCUT2D eigenvalue weighted by atomic mass is 10.2. The highest BCUT2D eigenvalue weighted by atomic mass is 79.9. The van der Waals surface area contributed by atoms with E-state index in [0.717, 1.165) is 22.1 Å². The largest absolute Gasteiger partial charge is 0.298 e. The van der Waals surface area contributed by atoms with E-state index >= 15 is 0 Å². The number of aryl methyl sites for hydroxylation is 1. The summed E-state index contributed by atoms with van der Waals surface area (Å²) < 4.78 is 4.38. The fourth-order valence-electron chi connectivity index (χ4n) is 2.00. The molecule has 0 saturated carbocycles. The molecule has 0 atom stereocenters. The second-order valence-corrected chi connectivity index (χ2v) is 5.23. The average molecular weight is 331 g/mol. The Morgan fingerprint density at radius 2 is 1.95 bits per heavy atom. The molecule has 5 nitrogen and oxygen atoms in total. The van der Waals surface area contributed by atoms with Crippen LogP contribution in [0.15, 0.2) is 47.2 Å². The van der Waals surface area contributed by atoms with Crippen LogP contribution in [0.4, 0.5) is 0 Å². The SMILES string of the molecule is Cn1nccc1-c1nn(-c2ccc(Br)cc2)cc1C=O. The maximum atomic E-state index is 11.2. The van der Waals surface area contributed by atoms with E-state index in [2.05, 4.69) is 26.1 Å². The summed E-state index contributed by atoms with van der Waals surface area (Å²) in [4.78, 5) is 11.2. The molecule has 0 aliphatic rings. The minimum absolute atomic E-state index is 0.538. The third-order valence-corrected chi connectivity index (χ3v) is 3.55. The van der Waals surface area contributed by atoms with E-state index < -0.39 is 0 Å². The van der Waals surface area contributed by atoms with Crippen molar-refractivity contribution in [3.05, 3.63) is 52.8 Å². The van der Waals surface area contributed by atoms with Gasteiger partial charge in [-0.15, -0.1) is 0 Å². The van der Waals surface area contributed by atoms with Crippen molar-refractivity contribution in [2.24, 2.45) is 7.05 Å². The molecular formula is C14H11BrN4O. The molecule has 2 heterocycles. The molecule has 0 unspecified atom stereocenters. The number of halogens is 1. The van der Waals surface area contributed by atoms with Crippen molar-refractivity contribution in [1.29, 1.82) is 0 Å². The number of nitrogens with zero attached hydrogens (tertiary/aromatic N) is 4. The van der Waals surface area contributed by atoms with Gasteiger partial charge in [0.05, 0.1) is 16.9 Å². The van der Waals surface area contributed by atoms with Gasteiger partial charge in [0.15, 0.2) is 6.29 Å². The van der Waals surface area contributed by atoms with Crippen LogP contribution in [0, 0.1) is 0 Å². The number of carbonyl (C=O) groups excluding carboxylic acids is 1. The maximum absolute atomic E-state index is 11.2. The number of hydrogen-bond donors (Lipinski definition) is 0. The Kier molecular flexibility index (Phi) is 3.23. The van der Waals surface area contributed by atoms with Gasteiger partial charge in [-0.3, -0.25) is 9.48 Å². The van der Waals surface area contributed by atoms with E-state index in [1.807, 2.05) is 37.4 Å². The predicted molar refractivity (Wildman–Crippen MR) is 78.9 cm³/mol. The zero-order valence-corrected chi connectivity index (χ0v) is 12.3. The van der Waals surface area contributed by atoms with E-state index in [-0.39, 0.29) is 0 Å². The number of aromatic nitrogens is 4. The maximum Gasteiger partial charge on any atom is 0.153 e. The second-order valence-electron chi connectivity index (χ2n) is 4.31. The third kappa shape index (κ3) is 2.18. The number of rotatable bonds is 3. The van der Waals surface area contributed by atoms with Gasteiger partial charge in [-0.25, -0.2) is 4.68 Å². The lowest BCUT2D eigenvalue weighted by molar-refractivity contribution is 0.112. The topological polar surface area (TPSA) is 52.7 Å². The first kappa shape index (κ1) is 12.8. The third-order valence-electron chi connectivity index (χ3n) is 3.02. The average Bonchev–Trinajstić information content (AvgIpc) is 3.05. The van der Waals surface area contributed by atoms with Crippen LogP contribution in [-0.4, -0.2) is 25.8 Å². The minimum atomic E-state index is 0.538. The van der Waals surface area contributed by atoms with Crippen molar-refractivity contribution < 1.29 is 4.79 Å². The molecule has 6 heteroatoms. The summed E-state index contributed by atoms with van der Waals surface area (Å²) >= 11 is 3.39. The van der Waals surface area contributed by atoms with Gasteiger partial charge in [0, 0.05) is 23.9 Å². The van der Waals surface area contributed by atoms with Crippen LogP contribution in [0.1, 0.15) is 10.4 Å².